The lowest BCUT2D eigenvalue weighted by molar-refractivity contribution is -0.145. The highest BCUT2D eigenvalue weighted by Crippen LogP contribution is 2.35. The number of hydrogen-bond acceptors (Lipinski definition) is 4. The number of ether oxygens (including phenoxy) is 3. The highest BCUT2D eigenvalue weighted by atomic mass is 16.6. The van der Waals surface area contributed by atoms with E-state index in [9.17, 15) is 4.79 Å². The summed E-state index contributed by atoms with van der Waals surface area (Å²) in [4.78, 5) is 11.6. The second-order valence-electron chi connectivity index (χ2n) is 5.54. The van der Waals surface area contributed by atoms with Crippen molar-refractivity contribution in [1.29, 1.82) is 0 Å². The molecule has 0 aromatic heterocycles. The smallest absolute Gasteiger partial charge is 0.344 e. The maximum atomic E-state index is 11.6. The zero-order valence-corrected chi connectivity index (χ0v) is 14.6. The van der Waals surface area contributed by atoms with Gasteiger partial charge < -0.3 is 14.2 Å². The lowest BCUT2D eigenvalue weighted by Crippen LogP contribution is -2.14. The minimum Gasteiger partial charge on any atom is -0.478 e. The van der Waals surface area contributed by atoms with Crippen LogP contribution in [-0.4, -0.2) is 19.2 Å². The monoisotopic (exact) mass is 348 g/mol. The third-order valence-electron chi connectivity index (χ3n) is 3.67. The number of carbonyl (C=O) groups excluding carboxylic acids is 1. The molecule has 132 valence electrons. The molecule has 0 fully saturated rings. The predicted molar refractivity (Wildman–Crippen MR) is 101 cm³/mol. The third-order valence-corrected chi connectivity index (χ3v) is 3.67. The molecule has 3 aromatic rings. The maximum Gasteiger partial charge on any atom is 0.344 e. The quantitative estimate of drug-likeness (QED) is 0.558. The molecule has 3 rings (SSSR count). The van der Waals surface area contributed by atoms with Crippen LogP contribution in [0.15, 0.2) is 78.9 Å². The van der Waals surface area contributed by atoms with Crippen LogP contribution < -0.4 is 9.47 Å². The van der Waals surface area contributed by atoms with Crippen molar-refractivity contribution >= 4 is 5.97 Å². The number of carbonyl (C=O) groups is 1. The van der Waals surface area contributed by atoms with Crippen LogP contribution in [0, 0.1) is 0 Å². The van der Waals surface area contributed by atoms with E-state index < -0.39 is 5.97 Å². The molecule has 0 heterocycles. The van der Waals surface area contributed by atoms with Crippen molar-refractivity contribution in [1.82, 2.24) is 0 Å². The summed E-state index contributed by atoms with van der Waals surface area (Å²) in [6.45, 7) is 1.92. The first kappa shape index (κ1) is 17.5. The van der Waals surface area contributed by atoms with E-state index >= 15 is 0 Å². The summed E-state index contributed by atoms with van der Waals surface area (Å²) in [5, 5.41) is 0. The van der Waals surface area contributed by atoms with Crippen molar-refractivity contribution in [3.05, 3.63) is 78.9 Å². The molecule has 0 amide bonds. The molecule has 0 unspecified atom stereocenters. The van der Waals surface area contributed by atoms with Gasteiger partial charge >= 0.3 is 5.97 Å². The van der Waals surface area contributed by atoms with Crippen LogP contribution in [0.1, 0.15) is 6.92 Å². The zero-order valence-electron chi connectivity index (χ0n) is 14.6. The van der Waals surface area contributed by atoms with E-state index in [1.807, 2.05) is 72.8 Å². The Morgan fingerprint density at radius 2 is 1.50 bits per heavy atom. The van der Waals surface area contributed by atoms with Gasteiger partial charge in [-0.15, -0.1) is 0 Å². The fourth-order valence-corrected chi connectivity index (χ4v) is 2.47. The average Bonchev–Trinajstić information content (AvgIpc) is 2.69. The molecule has 26 heavy (non-hydrogen) atoms. The second kappa shape index (κ2) is 8.72. The fraction of sp³-hybridized carbons (Fsp3) is 0.136. The molecule has 0 aliphatic rings. The standard InChI is InChI=1S/C22H20O4/c1-2-24-22(23)16-25-20-14-13-18(17-9-5-3-6-10-17)15-21(20)26-19-11-7-4-8-12-19/h3-15H,2,16H2,1H3. The molecule has 0 saturated carbocycles. The van der Waals surface area contributed by atoms with Gasteiger partial charge in [-0.05, 0) is 42.3 Å². The van der Waals surface area contributed by atoms with Crippen LogP contribution in [0.2, 0.25) is 0 Å². The van der Waals surface area contributed by atoms with Gasteiger partial charge in [0.05, 0.1) is 6.61 Å². The van der Waals surface area contributed by atoms with E-state index in [2.05, 4.69) is 0 Å². The number of para-hydroxylation sites is 1. The Kier molecular flexibility index (Phi) is 5.88. The number of esters is 1. The lowest BCUT2D eigenvalue weighted by Gasteiger charge is -2.14. The van der Waals surface area contributed by atoms with Crippen molar-refractivity contribution < 1.29 is 19.0 Å². The normalized spacial score (nSPS) is 10.2. The first-order chi connectivity index (χ1) is 12.8. The van der Waals surface area contributed by atoms with Gasteiger partial charge in [-0.3, -0.25) is 0 Å². The fourth-order valence-electron chi connectivity index (χ4n) is 2.47. The minimum absolute atomic E-state index is 0.163. The van der Waals surface area contributed by atoms with Gasteiger partial charge in [-0.2, -0.15) is 0 Å². The van der Waals surface area contributed by atoms with Crippen molar-refractivity contribution in [2.45, 2.75) is 6.92 Å². The van der Waals surface area contributed by atoms with E-state index in [0.29, 0.717) is 23.9 Å². The number of benzene rings is 3. The van der Waals surface area contributed by atoms with Crippen LogP contribution in [0.5, 0.6) is 17.2 Å². The third kappa shape index (κ3) is 4.63. The van der Waals surface area contributed by atoms with Crippen LogP contribution in [0.25, 0.3) is 11.1 Å². The van der Waals surface area contributed by atoms with Crippen LogP contribution >= 0.6 is 0 Å². The Balaban J connectivity index is 1.88. The van der Waals surface area contributed by atoms with Crippen molar-refractivity contribution in [2.75, 3.05) is 13.2 Å². The first-order valence-electron chi connectivity index (χ1n) is 8.47. The summed E-state index contributed by atoms with van der Waals surface area (Å²) in [6, 6.07) is 25.1. The summed E-state index contributed by atoms with van der Waals surface area (Å²) < 4.78 is 16.5. The molecule has 4 heteroatoms. The van der Waals surface area contributed by atoms with Gasteiger partial charge in [0.15, 0.2) is 18.1 Å². The Labute approximate surface area is 153 Å². The predicted octanol–water partition coefficient (Wildman–Crippen LogP) is 5.09. The average molecular weight is 348 g/mol. The Bertz CT molecular complexity index is 845. The Morgan fingerprint density at radius 1 is 0.808 bits per heavy atom. The van der Waals surface area contributed by atoms with Crippen molar-refractivity contribution in [3.63, 3.8) is 0 Å². The minimum atomic E-state index is -0.412. The summed E-state index contributed by atoms with van der Waals surface area (Å²) in [5.41, 5.74) is 2.07. The van der Waals surface area contributed by atoms with Gasteiger partial charge in [-0.25, -0.2) is 4.79 Å². The summed E-state index contributed by atoms with van der Waals surface area (Å²) in [6.07, 6.45) is 0. The van der Waals surface area contributed by atoms with E-state index in [1.165, 1.54) is 0 Å². The first-order valence-corrected chi connectivity index (χ1v) is 8.47. The topological polar surface area (TPSA) is 44.8 Å². The second-order valence-corrected chi connectivity index (χ2v) is 5.54. The molecule has 3 aromatic carbocycles. The largest absolute Gasteiger partial charge is 0.478 e. The highest BCUT2D eigenvalue weighted by Gasteiger charge is 2.11. The number of hydrogen-bond donors (Lipinski definition) is 0. The molecule has 0 N–H and O–H groups in total. The zero-order chi connectivity index (χ0) is 18.2. The van der Waals surface area contributed by atoms with E-state index in [-0.39, 0.29) is 6.61 Å². The Morgan fingerprint density at radius 3 is 2.19 bits per heavy atom. The van der Waals surface area contributed by atoms with Gasteiger partial charge in [-0.1, -0.05) is 54.6 Å². The van der Waals surface area contributed by atoms with E-state index in [4.69, 9.17) is 14.2 Å². The molecule has 4 nitrogen and oxygen atoms in total. The molecular weight excluding hydrogens is 328 g/mol. The molecule has 0 bridgehead atoms. The molecule has 0 aliphatic heterocycles. The van der Waals surface area contributed by atoms with Crippen LogP contribution in [-0.2, 0) is 9.53 Å². The molecule has 0 saturated heterocycles. The number of rotatable bonds is 7. The van der Waals surface area contributed by atoms with Crippen LogP contribution in [0.3, 0.4) is 0 Å². The SMILES string of the molecule is CCOC(=O)COc1ccc(-c2ccccc2)cc1Oc1ccccc1. The molecule has 0 spiro atoms. The Hall–Kier alpha value is -3.27. The maximum absolute atomic E-state index is 11.6. The van der Waals surface area contributed by atoms with E-state index in [1.54, 1.807) is 13.0 Å². The van der Waals surface area contributed by atoms with E-state index in [0.717, 1.165) is 11.1 Å². The van der Waals surface area contributed by atoms with Gasteiger partial charge in [0.25, 0.3) is 0 Å². The van der Waals surface area contributed by atoms with Crippen LogP contribution in [0.4, 0.5) is 0 Å². The lowest BCUT2D eigenvalue weighted by atomic mass is 10.1. The highest BCUT2D eigenvalue weighted by molar-refractivity contribution is 5.72. The van der Waals surface area contributed by atoms with Crippen molar-refractivity contribution in [2.24, 2.45) is 0 Å². The summed E-state index contributed by atoms with van der Waals surface area (Å²) >= 11 is 0. The molecule has 0 aliphatic carbocycles. The molecular formula is C22H20O4. The molecule has 0 radical (unpaired) electrons. The summed E-state index contributed by atoms with van der Waals surface area (Å²) in [5.74, 6) is 1.31. The summed E-state index contributed by atoms with van der Waals surface area (Å²) in [7, 11) is 0. The van der Waals surface area contributed by atoms with Crippen molar-refractivity contribution in [3.8, 4) is 28.4 Å². The van der Waals surface area contributed by atoms with Gasteiger partial charge in [0.2, 0.25) is 0 Å². The van der Waals surface area contributed by atoms with Gasteiger partial charge in [0, 0.05) is 0 Å². The molecule has 0 atom stereocenters. The van der Waals surface area contributed by atoms with Gasteiger partial charge in [0.1, 0.15) is 5.75 Å².